The fraction of sp³-hybridized carbons (Fsp3) is 0.600. The van der Waals surface area contributed by atoms with Gasteiger partial charge in [0.15, 0.2) is 5.78 Å². The van der Waals surface area contributed by atoms with Crippen molar-refractivity contribution < 1.29 is 4.79 Å². The van der Waals surface area contributed by atoms with E-state index in [-0.39, 0.29) is 11.5 Å². The molecule has 1 unspecified atom stereocenters. The number of carbonyl (C=O) groups is 1. The number of benzene rings is 1. The number of carbonyl (C=O) groups excluding carboxylic acids is 1. The molecule has 0 spiro atoms. The van der Waals surface area contributed by atoms with Gasteiger partial charge in [-0.25, -0.2) is 0 Å². The molecule has 0 aliphatic carbocycles. The summed E-state index contributed by atoms with van der Waals surface area (Å²) in [6.07, 6.45) is 13.6. The van der Waals surface area contributed by atoms with Crippen molar-refractivity contribution in [3.05, 3.63) is 70.8 Å². The average molecular weight is 554 g/mol. The van der Waals surface area contributed by atoms with Crippen molar-refractivity contribution in [2.24, 2.45) is 16.1 Å². The van der Waals surface area contributed by atoms with Gasteiger partial charge in [-0.15, -0.1) is 4.91 Å². The summed E-state index contributed by atoms with van der Waals surface area (Å²) in [5.74, 6) is 1.52. The Bertz CT molecular complexity index is 922. The van der Waals surface area contributed by atoms with E-state index in [1.165, 1.54) is 95.0 Å². The molecule has 5 nitrogen and oxygen atoms in total. The van der Waals surface area contributed by atoms with Crippen molar-refractivity contribution in [1.29, 1.82) is 0 Å². The second kappa shape index (κ2) is 25.3. The van der Waals surface area contributed by atoms with Crippen LogP contribution < -0.4 is 0 Å². The smallest absolute Gasteiger partial charge is 0.159 e. The maximum Gasteiger partial charge on any atom is 0.159 e. The summed E-state index contributed by atoms with van der Waals surface area (Å²) in [5, 5.41) is 2.68. The lowest BCUT2D eigenvalue weighted by atomic mass is 9.93. The first kappa shape index (κ1) is 39.5. The predicted octanol–water partition coefficient (Wildman–Crippen LogP) is 10.6. The van der Waals surface area contributed by atoms with Gasteiger partial charge < -0.3 is 4.90 Å². The molecule has 0 N–H and O–H groups in total. The van der Waals surface area contributed by atoms with Gasteiger partial charge in [0, 0.05) is 11.3 Å². The Morgan fingerprint density at radius 3 is 2.15 bits per heavy atom. The number of para-hydroxylation sites is 1. The van der Waals surface area contributed by atoms with Crippen molar-refractivity contribution in [2.75, 3.05) is 20.1 Å². The van der Waals surface area contributed by atoms with Crippen LogP contribution in [0.15, 0.2) is 70.5 Å². The largest absolute Gasteiger partial charge is 0.306 e. The fourth-order valence-electron chi connectivity index (χ4n) is 4.25. The van der Waals surface area contributed by atoms with Gasteiger partial charge in [0.05, 0.1) is 11.4 Å². The number of rotatable bonds is 11. The van der Waals surface area contributed by atoms with Crippen LogP contribution in [0.3, 0.4) is 0 Å². The van der Waals surface area contributed by atoms with Crippen molar-refractivity contribution in [1.82, 2.24) is 4.90 Å². The third-order valence-corrected chi connectivity index (χ3v) is 6.75. The average Bonchev–Trinajstić information content (AvgIpc) is 2.96. The topological polar surface area (TPSA) is 62.1 Å². The first-order chi connectivity index (χ1) is 19.1. The van der Waals surface area contributed by atoms with E-state index in [2.05, 4.69) is 82.6 Å². The Hall–Kier alpha value is -2.66. The van der Waals surface area contributed by atoms with Crippen LogP contribution in [0.25, 0.3) is 0 Å². The number of ketones is 1. The molecule has 2 rings (SSSR count). The molecule has 226 valence electrons. The van der Waals surface area contributed by atoms with Gasteiger partial charge in [-0.3, -0.25) is 9.79 Å². The van der Waals surface area contributed by atoms with Crippen molar-refractivity contribution >= 4 is 17.2 Å². The standard InChI is InChI=1S/C15H23N.C9H11NO2.C9H19N.C2H6/c1-5-9-13(4)16-15-11-8-7-10-14(15)12(3)6-2;1-4-5-9(8(3)11)6-7(2)10-12;1-3-4-9-5-7-10(2)8-6-9;1-2/h7-8,10-12H,5-6,9H2,1-4H3;4-6H,1H2,2-3H3;9H,3-8H2,1-2H3;1-2H3/b;7-6+,9-5+;;. The number of hydrogen-bond donors (Lipinski definition) is 0. The molecule has 1 aromatic rings. The summed E-state index contributed by atoms with van der Waals surface area (Å²) in [6, 6.07) is 8.51. The van der Waals surface area contributed by atoms with Gasteiger partial charge in [0.1, 0.15) is 0 Å². The van der Waals surface area contributed by atoms with Crippen LogP contribution in [0.2, 0.25) is 0 Å². The molecule has 1 aliphatic rings. The number of likely N-dealkylation sites (tertiary alicyclic amines) is 1. The minimum absolute atomic E-state index is 0.113. The van der Waals surface area contributed by atoms with E-state index in [0.717, 1.165) is 18.0 Å². The molecule has 40 heavy (non-hydrogen) atoms. The Kier molecular flexibility index (Phi) is 25.0. The number of nitroso groups, excluding NO2 is 1. The summed E-state index contributed by atoms with van der Waals surface area (Å²) in [7, 11) is 2.22. The lowest BCUT2D eigenvalue weighted by Gasteiger charge is -2.28. The summed E-state index contributed by atoms with van der Waals surface area (Å²) in [6.45, 7) is 24.2. The van der Waals surface area contributed by atoms with E-state index in [1.807, 2.05) is 13.8 Å². The van der Waals surface area contributed by atoms with Crippen LogP contribution >= 0.6 is 0 Å². The Morgan fingerprint density at radius 1 is 1.07 bits per heavy atom. The van der Waals surface area contributed by atoms with Crippen LogP contribution in [0, 0.1) is 10.8 Å². The first-order valence-corrected chi connectivity index (χ1v) is 15.3. The van der Waals surface area contributed by atoms with Gasteiger partial charge in [0.25, 0.3) is 0 Å². The summed E-state index contributed by atoms with van der Waals surface area (Å²) >= 11 is 0. The molecule has 5 heteroatoms. The fourth-order valence-corrected chi connectivity index (χ4v) is 4.25. The summed E-state index contributed by atoms with van der Waals surface area (Å²) in [5.41, 5.74) is 4.47. The highest BCUT2D eigenvalue weighted by molar-refractivity contribution is 5.96. The Morgan fingerprint density at radius 2 is 1.68 bits per heavy atom. The second-order valence-electron chi connectivity index (χ2n) is 10.3. The zero-order valence-electron chi connectivity index (χ0n) is 27.4. The highest BCUT2D eigenvalue weighted by atomic mass is 16.3. The van der Waals surface area contributed by atoms with Crippen LogP contribution in [0.1, 0.15) is 119 Å². The van der Waals surface area contributed by atoms with Crippen molar-refractivity contribution in [3.63, 3.8) is 0 Å². The number of Topliss-reactive ketones (excluding diaryl/α,β-unsaturated/α-hetero) is 1. The van der Waals surface area contributed by atoms with E-state index >= 15 is 0 Å². The minimum Gasteiger partial charge on any atom is -0.306 e. The normalized spacial score (nSPS) is 15.3. The van der Waals surface area contributed by atoms with Gasteiger partial charge in [-0.05, 0) is 101 Å². The molecule has 1 fully saturated rings. The molecule has 1 saturated heterocycles. The number of piperidine rings is 1. The quantitative estimate of drug-likeness (QED) is 0.118. The number of nitrogens with zero attached hydrogens (tertiary/aromatic N) is 3. The van der Waals surface area contributed by atoms with Gasteiger partial charge in [0.2, 0.25) is 0 Å². The monoisotopic (exact) mass is 553 g/mol. The van der Waals surface area contributed by atoms with Crippen molar-refractivity contribution in [2.45, 2.75) is 113 Å². The Balaban J connectivity index is 0. The van der Waals surface area contributed by atoms with Gasteiger partial charge >= 0.3 is 0 Å². The van der Waals surface area contributed by atoms with Gasteiger partial charge in [-0.1, -0.05) is 97.7 Å². The van der Waals surface area contributed by atoms with E-state index < -0.39 is 0 Å². The molecule has 0 saturated carbocycles. The predicted molar refractivity (Wildman–Crippen MR) is 178 cm³/mol. The minimum atomic E-state index is -0.113. The highest BCUT2D eigenvalue weighted by Gasteiger charge is 2.14. The maximum atomic E-state index is 10.9. The van der Waals surface area contributed by atoms with Crippen LogP contribution in [-0.4, -0.2) is 36.5 Å². The second-order valence-corrected chi connectivity index (χ2v) is 10.3. The van der Waals surface area contributed by atoms with E-state index in [4.69, 9.17) is 4.99 Å². The molecule has 1 atom stereocenters. The summed E-state index contributed by atoms with van der Waals surface area (Å²) < 4.78 is 0. The van der Waals surface area contributed by atoms with E-state index in [1.54, 1.807) is 0 Å². The number of allylic oxidation sites excluding steroid dienone is 5. The van der Waals surface area contributed by atoms with Gasteiger partial charge in [-0.2, -0.15) is 0 Å². The molecular weight excluding hydrogens is 494 g/mol. The molecule has 1 heterocycles. The van der Waals surface area contributed by atoms with Crippen LogP contribution in [0.4, 0.5) is 5.69 Å². The lowest BCUT2D eigenvalue weighted by Crippen LogP contribution is -2.29. The number of hydrogen-bond acceptors (Lipinski definition) is 5. The third-order valence-electron chi connectivity index (χ3n) is 6.75. The molecular formula is C35H59N3O2. The number of aliphatic imine (C=N–C) groups is 1. The summed E-state index contributed by atoms with van der Waals surface area (Å²) in [4.78, 5) is 28.0. The zero-order chi connectivity index (χ0) is 30.9. The molecule has 0 bridgehead atoms. The van der Waals surface area contributed by atoms with E-state index in [0.29, 0.717) is 11.5 Å². The molecule has 1 aliphatic heterocycles. The Labute approximate surface area is 246 Å². The molecule has 0 amide bonds. The zero-order valence-corrected chi connectivity index (χ0v) is 27.4. The third kappa shape index (κ3) is 18.6. The van der Waals surface area contributed by atoms with E-state index in [9.17, 15) is 9.70 Å². The first-order valence-electron chi connectivity index (χ1n) is 15.3. The maximum absolute atomic E-state index is 10.9. The van der Waals surface area contributed by atoms with Crippen LogP contribution in [-0.2, 0) is 4.79 Å². The molecule has 0 radical (unpaired) electrons. The SMILES string of the molecule is C=C/C=C(\C=C(/C)N=O)C(C)=O.CC.CCCC(C)=Nc1ccccc1C(C)CC.CCCC1CCN(C)CC1. The molecule has 0 aromatic heterocycles. The lowest BCUT2D eigenvalue weighted by molar-refractivity contribution is -0.113. The van der Waals surface area contributed by atoms with Crippen LogP contribution in [0.5, 0.6) is 0 Å². The van der Waals surface area contributed by atoms with Crippen molar-refractivity contribution in [3.8, 4) is 0 Å². The molecule has 1 aromatic carbocycles. The highest BCUT2D eigenvalue weighted by Crippen LogP contribution is 2.29.